The second-order valence-corrected chi connectivity index (χ2v) is 6.04. The van der Waals surface area contributed by atoms with Crippen molar-refractivity contribution in [3.05, 3.63) is 59.1 Å². The summed E-state index contributed by atoms with van der Waals surface area (Å²) >= 11 is 0. The highest BCUT2D eigenvalue weighted by molar-refractivity contribution is 5.82. The van der Waals surface area contributed by atoms with E-state index in [2.05, 4.69) is 10.3 Å². The highest BCUT2D eigenvalue weighted by atomic mass is 19.1. The van der Waals surface area contributed by atoms with E-state index in [9.17, 15) is 4.39 Å². The average Bonchev–Trinajstić information content (AvgIpc) is 2.99. The summed E-state index contributed by atoms with van der Waals surface area (Å²) in [7, 11) is 3.17. The van der Waals surface area contributed by atoms with Gasteiger partial charge in [-0.25, -0.2) is 9.38 Å². The smallest absolute Gasteiger partial charge is 0.189 e. The van der Waals surface area contributed by atoms with E-state index in [-0.39, 0.29) is 11.8 Å². The van der Waals surface area contributed by atoms with Crippen LogP contribution in [0.4, 0.5) is 4.39 Å². The second-order valence-electron chi connectivity index (χ2n) is 6.04. The Kier molecular flexibility index (Phi) is 5.49. The first-order chi connectivity index (χ1) is 13.0. The molecule has 0 saturated heterocycles. The van der Waals surface area contributed by atoms with Gasteiger partial charge in [0.2, 0.25) is 0 Å². The number of rotatable bonds is 6. The number of nitrogens with zero attached hydrogens (tertiary/aromatic N) is 1. The van der Waals surface area contributed by atoms with Crippen molar-refractivity contribution in [2.75, 3.05) is 14.2 Å². The Hall–Kier alpha value is -3.22. The summed E-state index contributed by atoms with van der Waals surface area (Å²) in [5.41, 5.74) is 8.41. The minimum atomic E-state index is -0.290. The summed E-state index contributed by atoms with van der Waals surface area (Å²) in [6.07, 6.45) is 0. The van der Waals surface area contributed by atoms with E-state index < -0.39 is 0 Å². The summed E-state index contributed by atoms with van der Waals surface area (Å²) in [6, 6.07) is 10.0. The van der Waals surface area contributed by atoms with E-state index >= 15 is 0 Å². The molecule has 0 atom stereocenters. The average molecular weight is 371 g/mol. The molecule has 0 saturated carbocycles. The number of furan rings is 1. The number of aliphatic imine (C=N–C) groups is 1. The Labute approximate surface area is 156 Å². The molecule has 2 aromatic carbocycles. The van der Waals surface area contributed by atoms with Crippen LogP contribution in [0.5, 0.6) is 11.5 Å². The number of nitrogens with one attached hydrogen (secondary N) is 1. The molecule has 3 rings (SSSR count). The van der Waals surface area contributed by atoms with Crippen LogP contribution in [-0.2, 0) is 13.1 Å². The maximum Gasteiger partial charge on any atom is 0.189 e. The fourth-order valence-electron chi connectivity index (χ4n) is 2.79. The zero-order valence-corrected chi connectivity index (χ0v) is 15.5. The SMILES string of the molecule is COc1ccc(CN=C(N)NCc2oc3ccc(F)cc3c2C)cc1OC. The Morgan fingerprint density at radius 2 is 1.93 bits per heavy atom. The third kappa shape index (κ3) is 4.13. The largest absolute Gasteiger partial charge is 0.493 e. The lowest BCUT2D eigenvalue weighted by Crippen LogP contribution is -2.31. The Morgan fingerprint density at radius 3 is 2.67 bits per heavy atom. The molecule has 0 spiro atoms. The van der Waals surface area contributed by atoms with Gasteiger partial charge in [0.15, 0.2) is 17.5 Å². The van der Waals surface area contributed by atoms with Crippen molar-refractivity contribution in [3.8, 4) is 11.5 Å². The van der Waals surface area contributed by atoms with Gasteiger partial charge in [-0.3, -0.25) is 0 Å². The topological polar surface area (TPSA) is 82.0 Å². The predicted octanol–water partition coefficient (Wildman–Crippen LogP) is 3.50. The van der Waals surface area contributed by atoms with E-state index in [4.69, 9.17) is 19.6 Å². The molecule has 0 bridgehead atoms. The molecule has 0 aliphatic heterocycles. The molecule has 27 heavy (non-hydrogen) atoms. The van der Waals surface area contributed by atoms with Crippen LogP contribution < -0.4 is 20.5 Å². The van der Waals surface area contributed by atoms with Gasteiger partial charge < -0.3 is 24.9 Å². The lowest BCUT2D eigenvalue weighted by atomic mass is 10.1. The predicted molar refractivity (Wildman–Crippen MR) is 103 cm³/mol. The minimum Gasteiger partial charge on any atom is -0.493 e. The van der Waals surface area contributed by atoms with Crippen LogP contribution in [0.25, 0.3) is 11.0 Å². The highest BCUT2D eigenvalue weighted by Gasteiger charge is 2.11. The molecule has 3 aromatic rings. The number of benzene rings is 2. The standard InChI is InChI=1S/C20H22FN3O3/c1-12-15-9-14(21)5-7-16(15)27-19(12)11-24-20(22)23-10-13-4-6-17(25-2)18(8-13)26-3/h4-9H,10-11H2,1-3H3,(H3,22,23,24). The lowest BCUT2D eigenvalue weighted by molar-refractivity contribution is 0.354. The minimum absolute atomic E-state index is 0.288. The lowest BCUT2D eigenvalue weighted by Gasteiger charge is -2.09. The molecule has 3 N–H and O–H groups in total. The third-order valence-corrected chi connectivity index (χ3v) is 4.31. The second kappa shape index (κ2) is 7.99. The van der Waals surface area contributed by atoms with Crippen LogP contribution in [0.3, 0.4) is 0 Å². The van der Waals surface area contributed by atoms with Gasteiger partial charge in [0.05, 0.1) is 27.3 Å². The van der Waals surface area contributed by atoms with Crippen molar-refractivity contribution in [2.45, 2.75) is 20.0 Å². The molecule has 0 amide bonds. The normalized spacial score (nSPS) is 11.6. The van der Waals surface area contributed by atoms with E-state index in [1.165, 1.54) is 12.1 Å². The first-order valence-corrected chi connectivity index (χ1v) is 8.44. The summed E-state index contributed by atoms with van der Waals surface area (Å²) in [6.45, 7) is 2.65. The molecule has 6 nitrogen and oxygen atoms in total. The molecule has 0 fully saturated rings. The maximum absolute atomic E-state index is 13.4. The van der Waals surface area contributed by atoms with Gasteiger partial charge in [-0.05, 0) is 42.8 Å². The molecular weight excluding hydrogens is 349 g/mol. The highest BCUT2D eigenvalue weighted by Crippen LogP contribution is 2.28. The van der Waals surface area contributed by atoms with Crippen molar-refractivity contribution < 1.29 is 18.3 Å². The number of fused-ring (bicyclic) bond motifs is 1. The molecule has 0 radical (unpaired) electrons. The summed E-state index contributed by atoms with van der Waals surface area (Å²) in [5, 5.41) is 3.78. The van der Waals surface area contributed by atoms with Crippen molar-refractivity contribution in [2.24, 2.45) is 10.7 Å². The first-order valence-electron chi connectivity index (χ1n) is 8.44. The van der Waals surface area contributed by atoms with Gasteiger partial charge in [0.1, 0.15) is 17.2 Å². The Morgan fingerprint density at radius 1 is 1.15 bits per heavy atom. The quantitative estimate of drug-likeness (QED) is 0.512. The van der Waals surface area contributed by atoms with Gasteiger partial charge in [-0.1, -0.05) is 6.07 Å². The Bertz CT molecular complexity index is 982. The van der Waals surface area contributed by atoms with Crippen molar-refractivity contribution in [1.82, 2.24) is 5.32 Å². The maximum atomic E-state index is 13.4. The van der Waals surface area contributed by atoms with Crippen LogP contribution in [0.15, 0.2) is 45.8 Å². The molecule has 1 aromatic heterocycles. The van der Waals surface area contributed by atoms with Crippen LogP contribution >= 0.6 is 0 Å². The third-order valence-electron chi connectivity index (χ3n) is 4.31. The van der Waals surface area contributed by atoms with Crippen LogP contribution in [0.1, 0.15) is 16.9 Å². The number of aryl methyl sites for hydroxylation is 1. The van der Waals surface area contributed by atoms with Gasteiger partial charge in [0, 0.05) is 10.9 Å². The van der Waals surface area contributed by atoms with Crippen molar-refractivity contribution >= 4 is 16.9 Å². The fourth-order valence-corrected chi connectivity index (χ4v) is 2.79. The van der Waals surface area contributed by atoms with E-state index in [1.54, 1.807) is 20.3 Å². The number of methoxy groups -OCH3 is 2. The zero-order chi connectivity index (χ0) is 19.4. The number of ether oxygens (including phenoxy) is 2. The van der Waals surface area contributed by atoms with E-state index in [0.29, 0.717) is 35.9 Å². The first kappa shape index (κ1) is 18.6. The fraction of sp³-hybridized carbons (Fsp3) is 0.250. The van der Waals surface area contributed by atoms with Crippen molar-refractivity contribution in [1.29, 1.82) is 0 Å². The Balaban J connectivity index is 1.65. The van der Waals surface area contributed by atoms with Crippen molar-refractivity contribution in [3.63, 3.8) is 0 Å². The van der Waals surface area contributed by atoms with Gasteiger partial charge in [-0.15, -0.1) is 0 Å². The summed E-state index contributed by atoms with van der Waals surface area (Å²) < 4.78 is 29.6. The van der Waals surface area contributed by atoms with E-state index in [0.717, 1.165) is 16.5 Å². The molecule has 0 aliphatic rings. The molecular formula is C20H22FN3O3. The molecule has 1 heterocycles. The van der Waals surface area contributed by atoms with Crippen LogP contribution in [0.2, 0.25) is 0 Å². The number of halogens is 1. The van der Waals surface area contributed by atoms with Gasteiger partial charge in [-0.2, -0.15) is 0 Å². The van der Waals surface area contributed by atoms with Crippen LogP contribution in [-0.4, -0.2) is 20.2 Å². The van der Waals surface area contributed by atoms with Gasteiger partial charge >= 0.3 is 0 Å². The summed E-state index contributed by atoms with van der Waals surface area (Å²) in [4.78, 5) is 4.32. The summed E-state index contributed by atoms with van der Waals surface area (Å²) in [5.74, 6) is 1.99. The molecule has 0 aliphatic carbocycles. The zero-order valence-electron chi connectivity index (χ0n) is 15.5. The van der Waals surface area contributed by atoms with Gasteiger partial charge in [0.25, 0.3) is 0 Å². The van der Waals surface area contributed by atoms with E-state index in [1.807, 2.05) is 25.1 Å². The molecule has 7 heteroatoms. The number of hydrogen-bond donors (Lipinski definition) is 2. The molecule has 0 unspecified atom stereocenters. The number of guanidine groups is 1. The number of hydrogen-bond acceptors (Lipinski definition) is 4. The number of nitrogens with two attached hydrogens (primary N) is 1. The molecule has 142 valence electrons. The monoisotopic (exact) mass is 371 g/mol. The van der Waals surface area contributed by atoms with Crippen LogP contribution in [0, 0.1) is 12.7 Å².